The number of carbonyl (C=O) groups excluding carboxylic acids is 2. The van der Waals surface area contributed by atoms with Crippen molar-refractivity contribution >= 4 is 46.2 Å². The molecule has 0 atom stereocenters. The summed E-state index contributed by atoms with van der Waals surface area (Å²) < 4.78 is 5.82. The fourth-order valence-corrected chi connectivity index (χ4v) is 4.68. The number of methoxy groups -OCH3 is 1. The molecule has 7 heteroatoms. The number of thiocarbonyl (C=S) groups is 1. The van der Waals surface area contributed by atoms with Gasteiger partial charge in [-0.3, -0.25) is 14.5 Å². The number of hydrogen-bond acceptors (Lipinski definition) is 5. The van der Waals surface area contributed by atoms with Gasteiger partial charge in [0, 0.05) is 24.6 Å². The van der Waals surface area contributed by atoms with Crippen LogP contribution >= 0.6 is 24.0 Å². The van der Waals surface area contributed by atoms with Crippen molar-refractivity contribution in [2.75, 3.05) is 13.7 Å². The first-order chi connectivity index (χ1) is 13.1. The van der Waals surface area contributed by atoms with Crippen molar-refractivity contribution in [3.63, 3.8) is 0 Å². The number of benzene rings is 1. The zero-order valence-electron chi connectivity index (χ0n) is 15.4. The second-order valence-corrected chi connectivity index (χ2v) is 8.40. The predicted molar refractivity (Wildman–Crippen MR) is 113 cm³/mol. The molecular weight excluding hydrogens is 380 g/mol. The minimum absolute atomic E-state index is 0.00958. The molecule has 0 spiro atoms. The number of nitrogens with one attached hydrogen (secondary N) is 1. The average molecular weight is 405 g/mol. The van der Waals surface area contributed by atoms with Crippen LogP contribution in [0.1, 0.15) is 44.1 Å². The van der Waals surface area contributed by atoms with Crippen LogP contribution in [-0.2, 0) is 9.59 Å². The molecule has 1 aliphatic carbocycles. The number of hydrogen-bond donors (Lipinski definition) is 1. The molecule has 0 aromatic heterocycles. The van der Waals surface area contributed by atoms with Crippen LogP contribution in [0.15, 0.2) is 29.2 Å². The van der Waals surface area contributed by atoms with Gasteiger partial charge in [-0.2, -0.15) is 0 Å². The fraction of sp³-hybridized carbons (Fsp3) is 0.450. The highest BCUT2D eigenvalue weighted by Gasteiger charge is 2.32. The lowest BCUT2D eigenvalue weighted by molar-refractivity contribution is -0.124. The van der Waals surface area contributed by atoms with E-state index in [0.717, 1.165) is 18.4 Å². The van der Waals surface area contributed by atoms with Gasteiger partial charge in [-0.1, -0.05) is 61.4 Å². The number of nitrogens with zero attached hydrogens (tertiary/aromatic N) is 1. The first kappa shape index (κ1) is 19.9. The fourth-order valence-electron chi connectivity index (χ4n) is 3.38. The lowest BCUT2D eigenvalue weighted by Gasteiger charge is -2.23. The molecule has 0 bridgehead atoms. The van der Waals surface area contributed by atoms with Crippen LogP contribution in [0.4, 0.5) is 0 Å². The lowest BCUT2D eigenvalue weighted by atomic mass is 9.95. The highest BCUT2D eigenvalue weighted by molar-refractivity contribution is 8.26. The van der Waals surface area contributed by atoms with Gasteiger partial charge in [0.25, 0.3) is 5.91 Å². The molecule has 1 aromatic carbocycles. The first-order valence-corrected chi connectivity index (χ1v) is 10.5. The molecule has 3 rings (SSSR count). The number of thioether (sulfide) groups is 1. The Morgan fingerprint density at radius 3 is 2.81 bits per heavy atom. The minimum atomic E-state index is -0.152. The van der Waals surface area contributed by atoms with E-state index < -0.39 is 0 Å². The Morgan fingerprint density at radius 1 is 1.33 bits per heavy atom. The van der Waals surface area contributed by atoms with Gasteiger partial charge < -0.3 is 10.1 Å². The summed E-state index contributed by atoms with van der Waals surface area (Å²) in [5.74, 6) is 0.542. The van der Waals surface area contributed by atoms with Crippen molar-refractivity contribution in [1.82, 2.24) is 10.2 Å². The summed E-state index contributed by atoms with van der Waals surface area (Å²) in [6.45, 7) is 0.312. The van der Waals surface area contributed by atoms with Crippen LogP contribution < -0.4 is 10.1 Å². The molecule has 0 unspecified atom stereocenters. The molecule has 1 saturated carbocycles. The third kappa shape index (κ3) is 5.11. The zero-order valence-corrected chi connectivity index (χ0v) is 17.0. The van der Waals surface area contributed by atoms with Crippen molar-refractivity contribution < 1.29 is 14.3 Å². The molecule has 27 heavy (non-hydrogen) atoms. The largest absolute Gasteiger partial charge is 0.496 e. The Labute approximate surface area is 169 Å². The summed E-state index contributed by atoms with van der Waals surface area (Å²) in [6, 6.07) is 7.80. The van der Waals surface area contributed by atoms with E-state index in [2.05, 4.69) is 5.32 Å². The Hall–Kier alpha value is -1.86. The molecule has 2 amide bonds. The molecule has 5 nitrogen and oxygen atoms in total. The van der Waals surface area contributed by atoms with Gasteiger partial charge in [0.1, 0.15) is 10.1 Å². The molecule has 1 aliphatic heterocycles. The Bertz CT molecular complexity index is 757. The maximum atomic E-state index is 12.7. The van der Waals surface area contributed by atoms with Crippen molar-refractivity contribution in [3.8, 4) is 5.75 Å². The van der Waals surface area contributed by atoms with Gasteiger partial charge in [0.05, 0.1) is 12.0 Å². The Morgan fingerprint density at radius 2 is 2.07 bits per heavy atom. The van der Waals surface area contributed by atoms with Gasteiger partial charge in [-0.25, -0.2) is 0 Å². The lowest BCUT2D eigenvalue weighted by Crippen LogP contribution is -2.39. The SMILES string of the molecule is COc1ccccc1C=C1SC(=S)N(CCC(=O)NC2CCCCC2)C1=O. The molecule has 1 aromatic rings. The monoisotopic (exact) mass is 404 g/mol. The number of ether oxygens (including phenoxy) is 1. The van der Waals surface area contributed by atoms with E-state index in [9.17, 15) is 9.59 Å². The number of carbonyl (C=O) groups is 2. The standard InChI is InChI=1S/C20H24N2O3S2/c1-25-16-10-6-5-7-14(16)13-17-19(24)22(20(26)27-17)12-11-18(23)21-15-8-3-2-4-9-15/h5-7,10,13,15H,2-4,8-9,11-12H2,1H3,(H,21,23). The van der Waals surface area contributed by atoms with E-state index in [0.29, 0.717) is 21.5 Å². The van der Waals surface area contributed by atoms with Crippen molar-refractivity contribution in [2.24, 2.45) is 0 Å². The summed E-state index contributed by atoms with van der Waals surface area (Å²) >= 11 is 6.61. The van der Waals surface area contributed by atoms with E-state index in [1.54, 1.807) is 13.2 Å². The van der Waals surface area contributed by atoms with Crippen molar-refractivity contribution in [2.45, 2.75) is 44.6 Å². The summed E-state index contributed by atoms with van der Waals surface area (Å²) in [5.41, 5.74) is 0.829. The molecule has 2 aliphatic rings. The Balaban J connectivity index is 1.59. The number of para-hydroxylation sites is 1. The highest BCUT2D eigenvalue weighted by Crippen LogP contribution is 2.34. The first-order valence-electron chi connectivity index (χ1n) is 9.26. The van der Waals surface area contributed by atoms with Crippen LogP contribution in [0.5, 0.6) is 5.75 Å². The van der Waals surface area contributed by atoms with Crippen molar-refractivity contribution in [3.05, 3.63) is 34.7 Å². The predicted octanol–water partition coefficient (Wildman–Crippen LogP) is 3.74. The van der Waals surface area contributed by atoms with Crippen LogP contribution in [0.2, 0.25) is 0 Å². The third-order valence-corrected chi connectivity index (χ3v) is 6.21. The Kier molecular flexibility index (Phi) is 6.90. The van der Waals surface area contributed by atoms with E-state index in [-0.39, 0.29) is 24.3 Å². The van der Waals surface area contributed by atoms with Gasteiger partial charge in [-0.15, -0.1) is 0 Å². The summed E-state index contributed by atoms with van der Waals surface area (Å²) in [7, 11) is 1.60. The summed E-state index contributed by atoms with van der Waals surface area (Å²) in [5, 5.41) is 3.08. The van der Waals surface area contributed by atoms with E-state index in [1.165, 1.54) is 35.9 Å². The van der Waals surface area contributed by atoms with Gasteiger partial charge in [0.2, 0.25) is 5.91 Å². The molecule has 1 heterocycles. The van der Waals surface area contributed by atoms with Crippen LogP contribution in [-0.4, -0.2) is 40.7 Å². The molecule has 2 fully saturated rings. The third-order valence-electron chi connectivity index (χ3n) is 4.83. The molecule has 1 N–H and O–H groups in total. The zero-order chi connectivity index (χ0) is 19.2. The second kappa shape index (κ2) is 9.37. The van der Waals surface area contributed by atoms with Gasteiger partial charge in [-0.05, 0) is 25.0 Å². The minimum Gasteiger partial charge on any atom is -0.496 e. The molecule has 144 valence electrons. The summed E-state index contributed by atoms with van der Waals surface area (Å²) in [6.07, 6.45) is 7.76. The number of rotatable bonds is 6. The quantitative estimate of drug-likeness (QED) is 0.578. The topological polar surface area (TPSA) is 58.6 Å². The van der Waals surface area contributed by atoms with Crippen LogP contribution in [0.3, 0.4) is 0 Å². The van der Waals surface area contributed by atoms with Crippen molar-refractivity contribution in [1.29, 1.82) is 0 Å². The highest BCUT2D eigenvalue weighted by atomic mass is 32.2. The van der Waals surface area contributed by atoms with E-state index in [4.69, 9.17) is 17.0 Å². The smallest absolute Gasteiger partial charge is 0.266 e. The molecule has 0 radical (unpaired) electrons. The van der Waals surface area contributed by atoms with E-state index >= 15 is 0 Å². The maximum Gasteiger partial charge on any atom is 0.266 e. The maximum absolute atomic E-state index is 12.7. The van der Waals surface area contributed by atoms with Gasteiger partial charge >= 0.3 is 0 Å². The van der Waals surface area contributed by atoms with E-state index in [1.807, 2.05) is 24.3 Å². The molecule has 1 saturated heterocycles. The van der Waals surface area contributed by atoms with Gasteiger partial charge in [0.15, 0.2) is 0 Å². The second-order valence-electron chi connectivity index (χ2n) is 6.73. The van der Waals surface area contributed by atoms with Crippen LogP contribution in [0, 0.1) is 0 Å². The summed E-state index contributed by atoms with van der Waals surface area (Å²) in [4.78, 5) is 27.0. The number of amides is 2. The van der Waals surface area contributed by atoms with Crippen LogP contribution in [0.25, 0.3) is 6.08 Å². The molecular formula is C20H24N2O3S2. The normalized spacial score (nSPS) is 19.6. The average Bonchev–Trinajstić information content (AvgIpc) is 2.94.